The first kappa shape index (κ1) is 48.0. The number of hydrogen-bond donors (Lipinski definition) is 6. The van der Waals surface area contributed by atoms with Gasteiger partial charge >= 0.3 is 0 Å². The summed E-state index contributed by atoms with van der Waals surface area (Å²) < 4.78 is 11.0. The molecule has 0 bridgehead atoms. The van der Waals surface area contributed by atoms with Gasteiger partial charge in [-0.2, -0.15) is 0 Å². The highest BCUT2D eigenvalue weighted by atomic mass is 16.7. The number of rotatable bonds is 35. The van der Waals surface area contributed by atoms with Crippen molar-refractivity contribution in [3.63, 3.8) is 0 Å². The topological polar surface area (TPSA) is 149 Å². The second kappa shape index (κ2) is 33.5. The van der Waals surface area contributed by atoms with Crippen molar-refractivity contribution in [1.82, 2.24) is 5.32 Å². The van der Waals surface area contributed by atoms with Crippen molar-refractivity contribution < 1.29 is 39.8 Å². The fourth-order valence-corrected chi connectivity index (χ4v) is 6.87. The molecule has 1 aliphatic rings. The lowest BCUT2D eigenvalue weighted by atomic mass is 9.99. The summed E-state index contributed by atoms with van der Waals surface area (Å²) in [5.74, 6) is -0.186. The normalized spacial score (nSPS) is 22.1. The summed E-state index contributed by atoms with van der Waals surface area (Å²) >= 11 is 0. The molecule has 0 spiro atoms. The van der Waals surface area contributed by atoms with E-state index in [0.29, 0.717) is 6.42 Å². The molecule has 0 aromatic carbocycles. The molecule has 1 heterocycles. The van der Waals surface area contributed by atoms with Crippen LogP contribution in [0, 0.1) is 0 Å². The van der Waals surface area contributed by atoms with Gasteiger partial charge in [-0.15, -0.1) is 0 Å². The van der Waals surface area contributed by atoms with Crippen LogP contribution in [0.3, 0.4) is 0 Å². The smallest absolute Gasteiger partial charge is 0.220 e. The number of amides is 1. The van der Waals surface area contributed by atoms with Crippen molar-refractivity contribution in [3.05, 3.63) is 12.2 Å². The van der Waals surface area contributed by atoms with Crippen LogP contribution in [-0.4, -0.2) is 87.5 Å². The van der Waals surface area contributed by atoms with E-state index in [0.717, 1.165) is 32.1 Å². The second-order valence-electron chi connectivity index (χ2n) is 15.1. The van der Waals surface area contributed by atoms with Gasteiger partial charge in [0.1, 0.15) is 24.4 Å². The number of carbonyl (C=O) groups excluding carboxylic acids is 1. The third-order valence-electron chi connectivity index (χ3n) is 10.3. The standard InChI is InChI=1S/C42H81NO8/c1-3-5-7-8-9-10-11-12-13-14-15-16-17-18-19-20-21-22-23-24-25-26-27-28-30-32-38(46)43-35(36(45)31-29-6-4-2)34-50-42-41(49)40(48)39(47)37(33-44)51-42/h29,31,35-37,39-42,44-45,47-49H,3-28,30,32-34H2,1-2H3,(H,43,46)/b31-29+. The van der Waals surface area contributed by atoms with Gasteiger partial charge in [0.2, 0.25) is 5.91 Å². The maximum absolute atomic E-state index is 12.7. The largest absolute Gasteiger partial charge is 0.394 e. The number of nitrogens with one attached hydrogen (secondary N) is 1. The summed E-state index contributed by atoms with van der Waals surface area (Å²) in [5.41, 5.74) is 0. The number of aliphatic hydroxyl groups excluding tert-OH is 5. The molecule has 1 fully saturated rings. The molecule has 1 rings (SSSR count). The average Bonchev–Trinajstić information content (AvgIpc) is 3.13. The molecule has 7 atom stereocenters. The van der Waals surface area contributed by atoms with Crippen molar-refractivity contribution >= 4 is 5.91 Å². The summed E-state index contributed by atoms with van der Waals surface area (Å²) in [6.45, 7) is 3.56. The second-order valence-corrected chi connectivity index (χ2v) is 15.1. The molecule has 6 N–H and O–H groups in total. The Hall–Kier alpha value is -1.07. The minimum Gasteiger partial charge on any atom is -0.394 e. The van der Waals surface area contributed by atoms with Crippen LogP contribution in [0.5, 0.6) is 0 Å². The first-order valence-electron chi connectivity index (χ1n) is 21.4. The van der Waals surface area contributed by atoms with Crippen molar-refractivity contribution in [1.29, 1.82) is 0 Å². The number of unbranched alkanes of at least 4 members (excludes halogenated alkanes) is 25. The molecule has 0 aliphatic carbocycles. The highest BCUT2D eigenvalue weighted by molar-refractivity contribution is 5.76. The molecule has 0 radical (unpaired) electrons. The molecule has 302 valence electrons. The molecule has 9 nitrogen and oxygen atoms in total. The summed E-state index contributed by atoms with van der Waals surface area (Å²) in [4.78, 5) is 12.7. The average molecular weight is 728 g/mol. The zero-order chi connectivity index (χ0) is 37.4. The Morgan fingerprint density at radius 2 is 1.08 bits per heavy atom. The Kier molecular flexibility index (Phi) is 31.5. The van der Waals surface area contributed by atoms with Gasteiger partial charge in [0.05, 0.1) is 25.4 Å². The quantitative estimate of drug-likeness (QED) is 0.0283. The van der Waals surface area contributed by atoms with Crippen molar-refractivity contribution in [2.45, 2.75) is 236 Å². The molecular weight excluding hydrogens is 646 g/mol. The predicted molar refractivity (Wildman–Crippen MR) is 207 cm³/mol. The van der Waals surface area contributed by atoms with E-state index in [-0.39, 0.29) is 12.5 Å². The lowest BCUT2D eigenvalue weighted by molar-refractivity contribution is -0.302. The SMILES string of the molecule is CCC/C=C/C(O)C(COC1OC(CO)C(O)C(O)C1O)NC(=O)CCCCCCCCCCCCCCCCCCCCCCCCCCC. The molecule has 7 unspecified atom stereocenters. The Bertz CT molecular complexity index is 812. The zero-order valence-electron chi connectivity index (χ0n) is 32.9. The Balaban J connectivity index is 2.05. The van der Waals surface area contributed by atoms with Crippen molar-refractivity contribution in [2.24, 2.45) is 0 Å². The van der Waals surface area contributed by atoms with Crippen LogP contribution >= 0.6 is 0 Å². The van der Waals surface area contributed by atoms with E-state index in [9.17, 15) is 30.3 Å². The lowest BCUT2D eigenvalue weighted by Crippen LogP contribution is -2.60. The van der Waals surface area contributed by atoms with Gasteiger partial charge in [-0.05, 0) is 12.8 Å². The van der Waals surface area contributed by atoms with Crippen molar-refractivity contribution in [3.8, 4) is 0 Å². The van der Waals surface area contributed by atoms with Gasteiger partial charge in [-0.3, -0.25) is 4.79 Å². The number of ether oxygens (including phenoxy) is 2. The molecule has 1 amide bonds. The van der Waals surface area contributed by atoms with Crippen LogP contribution in [-0.2, 0) is 14.3 Å². The molecule has 0 saturated carbocycles. The zero-order valence-corrected chi connectivity index (χ0v) is 32.9. The lowest BCUT2D eigenvalue weighted by Gasteiger charge is -2.40. The third kappa shape index (κ3) is 24.8. The predicted octanol–water partition coefficient (Wildman–Crippen LogP) is 8.17. The van der Waals surface area contributed by atoms with Crippen LogP contribution in [0.2, 0.25) is 0 Å². The van der Waals surface area contributed by atoms with Crippen molar-refractivity contribution in [2.75, 3.05) is 13.2 Å². The summed E-state index contributed by atoms with van der Waals surface area (Å²) in [6.07, 6.45) is 30.8. The number of hydrogen-bond acceptors (Lipinski definition) is 8. The molecule has 0 aromatic rings. The Labute approximate surface area is 312 Å². The van der Waals surface area contributed by atoms with Gasteiger partial charge in [0.15, 0.2) is 6.29 Å². The summed E-state index contributed by atoms with van der Waals surface area (Å²) in [5, 5.41) is 53.3. The van der Waals surface area contributed by atoms with E-state index in [2.05, 4.69) is 12.2 Å². The van der Waals surface area contributed by atoms with Gasteiger partial charge < -0.3 is 40.3 Å². The Morgan fingerprint density at radius 3 is 1.49 bits per heavy atom. The Morgan fingerprint density at radius 1 is 0.647 bits per heavy atom. The first-order chi connectivity index (χ1) is 24.8. The summed E-state index contributed by atoms with van der Waals surface area (Å²) in [7, 11) is 0. The van der Waals surface area contributed by atoms with E-state index in [1.165, 1.54) is 141 Å². The molecule has 1 aliphatic heterocycles. The fraction of sp³-hybridized carbons (Fsp3) is 0.929. The maximum Gasteiger partial charge on any atom is 0.220 e. The van der Waals surface area contributed by atoms with E-state index < -0.39 is 49.5 Å². The van der Waals surface area contributed by atoms with Crippen LogP contribution in [0.15, 0.2) is 12.2 Å². The summed E-state index contributed by atoms with van der Waals surface area (Å²) in [6, 6.07) is -0.794. The highest BCUT2D eigenvalue weighted by Gasteiger charge is 2.44. The minimum atomic E-state index is -1.56. The van der Waals surface area contributed by atoms with Gasteiger partial charge in [-0.25, -0.2) is 0 Å². The van der Waals surface area contributed by atoms with E-state index in [1.54, 1.807) is 6.08 Å². The number of aliphatic hydroxyl groups is 5. The van der Waals surface area contributed by atoms with Crippen LogP contribution in [0.4, 0.5) is 0 Å². The van der Waals surface area contributed by atoms with Crippen LogP contribution in [0.1, 0.15) is 194 Å². The first-order valence-corrected chi connectivity index (χ1v) is 21.4. The van der Waals surface area contributed by atoms with Gasteiger partial charge in [-0.1, -0.05) is 187 Å². The molecule has 1 saturated heterocycles. The number of allylic oxidation sites excluding steroid dienone is 1. The van der Waals surface area contributed by atoms with Crippen LogP contribution in [0.25, 0.3) is 0 Å². The molecule has 9 heteroatoms. The van der Waals surface area contributed by atoms with Gasteiger partial charge in [0.25, 0.3) is 0 Å². The highest BCUT2D eigenvalue weighted by Crippen LogP contribution is 2.22. The molecular formula is C42H81NO8. The monoisotopic (exact) mass is 728 g/mol. The molecule has 0 aromatic heterocycles. The number of carbonyl (C=O) groups is 1. The van der Waals surface area contributed by atoms with E-state index >= 15 is 0 Å². The minimum absolute atomic E-state index is 0.186. The van der Waals surface area contributed by atoms with Crippen LogP contribution < -0.4 is 5.32 Å². The van der Waals surface area contributed by atoms with E-state index in [4.69, 9.17) is 9.47 Å². The molecule has 51 heavy (non-hydrogen) atoms. The van der Waals surface area contributed by atoms with E-state index in [1.807, 2.05) is 13.0 Å². The fourth-order valence-electron chi connectivity index (χ4n) is 6.87. The van der Waals surface area contributed by atoms with Gasteiger partial charge in [0, 0.05) is 6.42 Å². The third-order valence-corrected chi connectivity index (χ3v) is 10.3. The maximum atomic E-state index is 12.7.